The molecule has 21 heavy (non-hydrogen) atoms. The van der Waals surface area contributed by atoms with Gasteiger partial charge in [0.25, 0.3) is 5.91 Å². The van der Waals surface area contributed by atoms with Crippen molar-refractivity contribution in [2.24, 2.45) is 0 Å². The van der Waals surface area contributed by atoms with E-state index in [1.165, 1.54) is 12.1 Å². The molecule has 0 radical (unpaired) electrons. The Kier molecular flexibility index (Phi) is 4.93. The van der Waals surface area contributed by atoms with Crippen LogP contribution in [0.5, 0.6) is 5.75 Å². The lowest BCUT2D eigenvalue weighted by Gasteiger charge is -2.09. The normalized spacial score (nSPS) is 10.2. The van der Waals surface area contributed by atoms with E-state index >= 15 is 0 Å². The van der Waals surface area contributed by atoms with Crippen LogP contribution in [0.2, 0.25) is 0 Å². The summed E-state index contributed by atoms with van der Waals surface area (Å²) in [5, 5.41) is 2.82. The molecule has 2 aromatic rings. The molecular formula is C17H18FNO2. The van der Waals surface area contributed by atoms with Crippen molar-refractivity contribution in [1.82, 2.24) is 5.32 Å². The number of amides is 1. The van der Waals surface area contributed by atoms with Gasteiger partial charge in [-0.25, -0.2) is 4.39 Å². The van der Waals surface area contributed by atoms with Crippen molar-refractivity contribution in [2.45, 2.75) is 13.3 Å². The van der Waals surface area contributed by atoms with E-state index in [1.807, 2.05) is 19.1 Å². The summed E-state index contributed by atoms with van der Waals surface area (Å²) in [6, 6.07) is 11.7. The molecule has 2 aromatic carbocycles. The van der Waals surface area contributed by atoms with Crippen LogP contribution in [0.25, 0.3) is 0 Å². The number of ether oxygens (including phenoxy) is 1. The summed E-state index contributed by atoms with van der Waals surface area (Å²) in [5.74, 6) is 0.264. The first kappa shape index (κ1) is 15.0. The number of carbonyl (C=O) groups is 1. The number of benzene rings is 2. The van der Waals surface area contributed by atoms with E-state index in [-0.39, 0.29) is 11.7 Å². The molecule has 0 heterocycles. The lowest BCUT2D eigenvalue weighted by molar-refractivity contribution is 0.0954. The van der Waals surface area contributed by atoms with Crippen molar-refractivity contribution in [3.63, 3.8) is 0 Å². The standard InChI is InChI=1S/C17H18FNO2/c1-12-6-7-14(11-16(12)21-2)17(20)19-9-8-13-4-3-5-15(18)10-13/h3-7,10-11H,8-9H2,1-2H3,(H,19,20). The van der Waals surface area contributed by atoms with Gasteiger partial charge in [0, 0.05) is 12.1 Å². The van der Waals surface area contributed by atoms with Crippen molar-refractivity contribution in [1.29, 1.82) is 0 Å². The van der Waals surface area contributed by atoms with Crippen LogP contribution in [0, 0.1) is 12.7 Å². The van der Waals surface area contributed by atoms with Gasteiger partial charge in [-0.15, -0.1) is 0 Å². The zero-order chi connectivity index (χ0) is 15.2. The van der Waals surface area contributed by atoms with E-state index < -0.39 is 0 Å². The predicted octanol–water partition coefficient (Wildman–Crippen LogP) is 3.12. The van der Waals surface area contributed by atoms with Gasteiger partial charge >= 0.3 is 0 Å². The van der Waals surface area contributed by atoms with Crippen LogP contribution in [-0.4, -0.2) is 19.6 Å². The monoisotopic (exact) mass is 287 g/mol. The first-order chi connectivity index (χ1) is 10.1. The van der Waals surface area contributed by atoms with Gasteiger partial charge in [-0.1, -0.05) is 18.2 Å². The largest absolute Gasteiger partial charge is 0.496 e. The van der Waals surface area contributed by atoms with Gasteiger partial charge in [0.05, 0.1) is 7.11 Å². The van der Waals surface area contributed by atoms with Crippen LogP contribution in [0.15, 0.2) is 42.5 Å². The molecule has 0 bridgehead atoms. The molecule has 0 fully saturated rings. The molecule has 0 spiro atoms. The fourth-order valence-corrected chi connectivity index (χ4v) is 2.08. The second-order valence-corrected chi connectivity index (χ2v) is 4.82. The number of nitrogens with one attached hydrogen (secondary N) is 1. The average molecular weight is 287 g/mol. The van der Waals surface area contributed by atoms with Gasteiger partial charge in [-0.05, 0) is 48.7 Å². The summed E-state index contributed by atoms with van der Waals surface area (Å²) in [6.07, 6.45) is 0.590. The number of hydrogen-bond donors (Lipinski definition) is 1. The number of carbonyl (C=O) groups excluding carboxylic acids is 1. The fourth-order valence-electron chi connectivity index (χ4n) is 2.08. The predicted molar refractivity (Wildman–Crippen MR) is 80.2 cm³/mol. The number of rotatable bonds is 5. The third kappa shape index (κ3) is 4.05. The lowest BCUT2D eigenvalue weighted by atomic mass is 10.1. The Morgan fingerprint density at radius 2 is 2.05 bits per heavy atom. The van der Waals surface area contributed by atoms with Crippen molar-refractivity contribution in [2.75, 3.05) is 13.7 Å². The Bertz CT molecular complexity index is 640. The molecule has 2 rings (SSSR count). The van der Waals surface area contributed by atoms with Crippen LogP contribution < -0.4 is 10.1 Å². The second-order valence-electron chi connectivity index (χ2n) is 4.82. The molecule has 0 saturated heterocycles. The minimum atomic E-state index is -0.262. The van der Waals surface area contributed by atoms with Gasteiger partial charge in [0.15, 0.2) is 0 Å². The van der Waals surface area contributed by atoms with Gasteiger partial charge in [-0.3, -0.25) is 4.79 Å². The SMILES string of the molecule is COc1cc(C(=O)NCCc2cccc(F)c2)ccc1C. The molecule has 110 valence electrons. The fraction of sp³-hybridized carbons (Fsp3) is 0.235. The third-order valence-corrected chi connectivity index (χ3v) is 3.26. The maximum Gasteiger partial charge on any atom is 0.251 e. The Morgan fingerprint density at radius 3 is 2.76 bits per heavy atom. The van der Waals surface area contributed by atoms with E-state index in [0.717, 1.165) is 11.1 Å². The molecule has 1 amide bonds. The highest BCUT2D eigenvalue weighted by molar-refractivity contribution is 5.94. The zero-order valence-corrected chi connectivity index (χ0v) is 12.2. The minimum absolute atomic E-state index is 0.162. The van der Waals surface area contributed by atoms with E-state index in [1.54, 1.807) is 25.3 Å². The second kappa shape index (κ2) is 6.88. The Labute approximate surface area is 123 Å². The molecule has 0 aliphatic rings. The molecule has 0 aromatic heterocycles. The minimum Gasteiger partial charge on any atom is -0.496 e. The topological polar surface area (TPSA) is 38.3 Å². The molecule has 0 saturated carbocycles. The van der Waals surface area contributed by atoms with Crippen LogP contribution in [0.4, 0.5) is 4.39 Å². The Morgan fingerprint density at radius 1 is 1.24 bits per heavy atom. The maximum absolute atomic E-state index is 13.0. The van der Waals surface area contributed by atoms with E-state index in [2.05, 4.69) is 5.32 Å². The van der Waals surface area contributed by atoms with Crippen molar-refractivity contribution in [3.05, 3.63) is 65.0 Å². The van der Waals surface area contributed by atoms with Crippen LogP contribution >= 0.6 is 0 Å². The highest BCUT2D eigenvalue weighted by Crippen LogP contribution is 2.18. The molecule has 0 atom stereocenters. The van der Waals surface area contributed by atoms with Crippen molar-refractivity contribution < 1.29 is 13.9 Å². The summed E-state index contributed by atoms with van der Waals surface area (Å²) >= 11 is 0. The maximum atomic E-state index is 13.0. The van der Waals surface area contributed by atoms with E-state index in [9.17, 15) is 9.18 Å². The van der Waals surface area contributed by atoms with Gasteiger partial charge < -0.3 is 10.1 Å². The number of aryl methyl sites for hydroxylation is 1. The van der Waals surface area contributed by atoms with E-state index in [0.29, 0.717) is 24.3 Å². The van der Waals surface area contributed by atoms with Crippen LogP contribution in [-0.2, 0) is 6.42 Å². The molecular weight excluding hydrogens is 269 g/mol. The summed E-state index contributed by atoms with van der Waals surface area (Å²) in [5.41, 5.74) is 2.39. The average Bonchev–Trinajstić information content (AvgIpc) is 2.47. The van der Waals surface area contributed by atoms with Crippen molar-refractivity contribution >= 4 is 5.91 Å². The van der Waals surface area contributed by atoms with Crippen molar-refractivity contribution in [3.8, 4) is 5.75 Å². The van der Waals surface area contributed by atoms with Crippen LogP contribution in [0.3, 0.4) is 0 Å². The number of hydrogen-bond acceptors (Lipinski definition) is 2. The van der Waals surface area contributed by atoms with Gasteiger partial charge in [-0.2, -0.15) is 0 Å². The highest BCUT2D eigenvalue weighted by Gasteiger charge is 2.08. The van der Waals surface area contributed by atoms with Crippen LogP contribution in [0.1, 0.15) is 21.5 Å². The van der Waals surface area contributed by atoms with Gasteiger partial charge in [0.1, 0.15) is 11.6 Å². The zero-order valence-electron chi connectivity index (χ0n) is 12.2. The molecule has 4 heteroatoms. The van der Waals surface area contributed by atoms with E-state index in [4.69, 9.17) is 4.74 Å². The number of halogens is 1. The molecule has 0 unspecified atom stereocenters. The summed E-state index contributed by atoms with van der Waals surface area (Å²) < 4.78 is 18.2. The quantitative estimate of drug-likeness (QED) is 0.917. The summed E-state index contributed by atoms with van der Waals surface area (Å²) in [7, 11) is 1.58. The van der Waals surface area contributed by atoms with Gasteiger partial charge in [0.2, 0.25) is 0 Å². The highest BCUT2D eigenvalue weighted by atomic mass is 19.1. The first-order valence-electron chi connectivity index (χ1n) is 6.77. The third-order valence-electron chi connectivity index (χ3n) is 3.26. The summed E-state index contributed by atoms with van der Waals surface area (Å²) in [4.78, 5) is 12.0. The molecule has 0 aliphatic heterocycles. The summed E-state index contributed by atoms with van der Waals surface area (Å²) in [6.45, 7) is 2.38. The number of methoxy groups -OCH3 is 1. The molecule has 3 nitrogen and oxygen atoms in total. The Balaban J connectivity index is 1.93. The molecule has 1 N–H and O–H groups in total. The first-order valence-corrected chi connectivity index (χ1v) is 6.77. The Hall–Kier alpha value is -2.36. The molecule has 0 aliphatic carbocycles. The smallest absolute Gasteiger partial charge is 0.251 e. The lowest BCUT2D eigenvalue weighted by Crippen LogP contribution is -2.25.